The van der Waals surface area contributed by atoms with Gasteiger partial charge >= 0.3 is 6.09 Å². The molecule has 0 aliphatic carbocycles. The summed E-state index contributed by atoms with van der Waals surface area (Å²) in [6, 6.07) is 4.72. The summed E-state index contributed by atoms with van der Waals surface area (Å²) in [5, 5.41) is 0. The van der Waals surface area contributed by atoms with Crippen molar-refractivity contribution in [3.8, 4) is 0 Å². The molecule has 0 unspecified atom stereocenters. The lowest BCUT2D eigenvalue weighted by atomic mass is 9.89. The van der Waals surface area contributed by atoms with E-state index in [9.17, 15) is 4.79 Å². The molecular weight excluding hydrogens is 334 g/mol. The second kappa shape index (κ2) is 6.01. The Labute approximate surface area is 153 Å². The smallest absolute Gasteiger partial charge is 0.410 e. The maximum absolute atomic E-state index is 12.5. The van der Waals surface area contributed by atoms with Gasteiger partial charge in [-0.05, 0) is 57.1 Å². The molecule has 1 fully saturated rings. The van der Waals surface area contributed by atoms with Crippen LogP contribution in [-0.4, -0.2) is 48.0 Å². The third kappa shape index (κ3) is 3.05. The average Bonchev–Trinajstić information content (AvgIpc) is 2.68. The van der Waals surface area contributed by atoms with E-state index in [1.807, 2.05) is 37.4 Å². The molecule has 0 saturated carbocycles. The number of nitrogen functional groups attached to an aromatic ring is 1. The van der Waals surface area contributed by atoms with Crippen molar-refractivity contribution in [3.05, 3.63) is 17.7 Å². The van der Waals surface area contributed by atoms with Crippen LogP contribution in [0.25, 0.3) is 0 Å². The van der Waals surface area contributed by atoms with Crippen LogP contribution in [0.2, 0.25) is 0 Å². The minimum Gasteiger partial charge on any atom is -0.444 e. The number of ether oxygens (including phenoxy) is 1. The van der Waals surface area contributed by atoms with Gasteiger partial charge in [-0.15, -0.1) is 11.8 Å². The van der Waals surface area contributed by atoms with E-state index in [0.29, 0.717) is 12.0 Å². The fourth-order valence-corrected chi connectivity index (χ4v) is 5.41. The number of hydrogen-bond acceptors (Lipinski definition) is 5. The molecule has 136 valence electrons. The Morgan fingerprint density at radius 2 is 2.12 bits per heavy atom. The first kappa shape index (κ1) is 16.9. The summed E-state index contributed by atoms with van der Waals surface area (Å²) >= 11 is 1.92. The highest BCUT2D eigenvalue weighted by atomic mass is 32.2. The second-order valence-electron chi connectivity index (χ2n) is 8.24. The highest BCUT2D eigenvalue weighted by Gasteiger charge is 2.45. The number of rotatable bonds is 0. The van der Waals surface area contributed by atoms with Crippen molar-refractivity contribution < 1.29 is 9.53 Å². The molecule has 3 aliphatic heterocycles. The van der Waals surface area contributed by atoms with Crippen molar-refractivity contribution in [2.45, 2.75) is 56.1 Å². The number of thioether (sulfide) groups is 1. The van der Waals surface area contributed by atoms with Crippen molar-refractivity contribution in [3.63, 3.8) is 0 Å². The molecule has 0 bridgehead atoms. The molecule has 0 radical (unpaired) electrons. The zero-order chi connectivity index (χ0) is 17.8. The summed E-state index contributed by atoms with van der Waals surface area (Å²) in [5.74, 6) is 1.48. The van der Waals surface area contributed by atoms with Gasteiger partial charge in [-0.2, -0.15) is 0 Å². The van der Waals surface area contributed by atoms with Gasteiger partial charge in [0, 0.05) is 42.2 Å². The van der Waals surface area contributed by atoms with Gasteiger partial charge in [-0.3, -0.25) is 0 Å². The summed E-state index contributed by atoms with van der Waals surface area (Å²) in [6.07, 6.45) is 1.98. The third-order valence-electron chi connectivity index (χ3n) is 5.24. The lowest BCUT2D eigenvalue weighted by Gasteiger charge is -2.39. The number of benzene rings is 1. The van der Waals surface area contributed by atoms with Gasteiger partial charge in [-0.25, -0.2) is 4.79 Å². The fourth-order valence-electron chi connectivity index (χ4n) is 4.32. The molecule has 2 atom stereocenters. The molecule has 25 heavy (non-hydrogen) atoms. The largest absolute Gasteiger partial charge is 0.444 e. The Balaban J connectivity index is 1.64. The SMILES string of the molecule is CC(C)(C)OC(=O)N1CC[C@H]2[C@@H](C1)c1cc(N)cc3c1N2CCCS3. The van der Waals surface area contributed by atoms with E-state index in [0.717, 1.165) is 37.5 Å². The molecule has 1 saturated heterocycles. The van der Waals surface area contributed by atoms with Crippen molar-refractivity contribution >= 4 is 29.2 Å². The second-order valence-corrected chi connectivity index (χ2v) is 9.38. The van der Waals surface area contributed by atoms with Crippen LogP contribution in [0.4, 0.5) is 16.2 Å². The number of amides is 1. The molecule has 2 N–H and O–H groups in total. The summed E-state index contributed by atoms with van der Waals surface area (Å²) in [4.78, 5) is 18.3. The van der Waals surface area contributed by atoms with Crippen LogP contribution in [0.5, 0.6) is 0 Å². The zero-order valence-electron chi connectivity index (χ0n) is 15.2. The van der Waals surface area contributed by atoms with E-state index in [-0.39, 0.29) is 6.09 Å². The van der Waals surface area contributed by atoms with Gasteiger partial charge in [0.25, 0.3) is 0 Å². The normalized spacial score (nSPS) is 25.2. The predicted octanol–water partition coefficient (Wildman–Crippen LogP) is 3.68. The monoisotopic (exact) mass is 361 g/mol. The summed E-state index contributed by atoms with van der Waals surface area (Å²) < 4.78 is 5.59. The van der Waals surface area contributed by atoms with Crippen molar-refractivity contribution in [1.82, 2.24) is 4.90 Å². The fraction of sp³-hybridized carbons (Fsp3) is 0.632. The molecular formula is C19H27N3O2S. The number of hydrogen-bond donors (Lipinski definition) is 1. The van der Waals surface area contributed by atoms with E-state index in [1.165, 1.54) is 22.6 Å². The Morgan fingerprint density at radius 3 is 2.88 bits per heavy atom. The van der Waals surface area contributed by atoms with E-state index in [2.05, 4.69) is 17.0 Å². The molecule has 5 nitrogen and oxygen atoms in total. The maximum Gasteiger partial charge on any atom is 0.410 e. The topological polar surface area (TPSA) is 58.8 Å². The Morgan fingerprint density at radius 1 is 1.32 bits per heavy atom. The van der Waals surface area contributed by atoms with Gasteiger partial charge < -0.3 is 20.3 Å². The summed E-state index contributed by atoms with van der Waals surface area (Å²) in [7, 11) is 0. The Hall–Kier alpha value is -1.56. The Bertz CT molecular complexity index is 701. The number of nitrogens with zero attached hydrogens (tertiary/aromatic N) is 2. The van der Waals surface area contributed by atoms with Crippen LogP contribution >= 0.6 is 11.8 Å². The van der Waals surface area contributed by atoms with E-state index >= 15 is 0 Å². The van der Waals surface area contributed by atoms with Crippen molar-refractivity contribution in [2.24, 2.45) is 0 Å². The summed E-state index contributed by atoms with van der Waals surface area (Å²) in [6.45, 7) is 8.33. The standard InChI is InChI=1S/C19H27N3O2S/c1-19(2,3)24-18(23)21-7-5-15-14(11-21)13-9-12(20)10-16-17(13)22(15)6-4-8-25-16/h9-10,14-15H,4-8,11,20H2,1-3H3/t14-,15-/m0/s1. The number of likely N-dealkylation sites (tertiary alicyclic amines) is 1. The number of anilines is 2. The first-order valence-electron chi connectivity index (χ1n) is 9.14. The molecule has 1 aromatic carbocycles. The number of carbonyl (C=O) groups is 1. The van der Waals surface area contributed by atoms with Crippen LogP contribution in [0.1, 0.15) is 45.1 Å². The molecule has 1 aromatic rings. The highest BCUT2D eigenvalue weighted by molar-refractivity contribution is 7.99. The van der Waals surface area contributed by atoms with Gasteiger partial charge in [0.05, 0.1) is 5.69 Å². The highest BCUT2D eigenvalue weighted by Crippen LogP contribution is 2.51. The molecule has 0 aromatic heterocycles. The van der Waals surface area contributed by atoms with Crippen molar-refractivity contribution in [2.75, 3.05) is 36.0 Å². The lowest BCUT2D eigenvalue weighted by molar-refractivity contribution is 0.0189. The third-order valence-corrected chi connectivity index (χ3v) is 6.36. The van der Waals surface area contributed by atoms with Gasteiger partial charge in [-0.1, -0.05) is 0 Å². The minimum atomic E-state index is -0.456. The van der Waals surface area contributed by atoms with Crippen LogP contribution in [-0.2, 0) is 4.74 Å². The molecule has 3 heterocycles. The number of nitrogens with two attached hydrogens (primary N) is 1. The first-order valence-corrected chi connectivity index (χ1v) is 10.1. The van der Waals surface area contributed by atoms with Gasteiger partial charge in [0.1, 0.15) is 5.60 Å². The van der Waals surface area contributed by atoms with Crippen molar-refractivity contribution in [1.29, 1.82) is 0 Å². The summed E-state index contributed by atoms with van der Waals surface area (Å²) in [5.41, 5.74) is 9.26. The van der Waals surface area contributed by atoms with E-state index < -0.39 is 5.60 Å². The quantitative estimate of drug-likeness (QED) is 0.715. The number of piperidine rings is 1. The van der Waals surface area contributed by atoms with Crippen LogP contribution in [0, 0.1) is 0 Å². The predicted molar refractivity (Wildman–Crippen MR) is 102 cm³/mol. The molecule has 6 heteroatoms. The van der Waals surface area contributed by atoms with Gasteiger partial charge in [0.15, 0.2) is 0 Å². The number of carbonyl (C=O) groups excluding carboxylic acids is 1. The average molecular weight is 362 g/mol. The van der Waals surface area contributed by atoms with E-state index in [4.69, 9.17) is 10.5 Å². The van der Waals surface area contributed by atoms with Crippen LogP contribution < -0.4 is 10.6 Å². The van der Waals surface area contributed by atoms with E-state index in [1.54, 1.807) is 0 Å². The zero-order valence-corrected chi connectivity index (χ0v) is 16.1. The number of fused-ring (bicyclic) bond motifs is 3. The first-order chi connectivity index (χ1) is 11.8. The van der Waals surface area contributed by atoms with Crippen LogP contribution in [0.3, 0.4) is 0 Å². The molecule has 1 amide bonds. The Kier molecular flexibility index (Phi) is 4.06. The molecule has 3 aliphatic rings. The van der Waals surface area contributed by atoms with Gasteiger partial charge in [0.2, 0.25) is 0 Å². The maximum atomic E-state index is 12.5. The molecule has 0 spiro atoms. The molecule has 4 rings (SSSR count). The lowest BCUT2D eigenvalue weighted by Crippen LogP contribution is -2.49. The minimum absolute atomic E-state index is 0.198. The van der Waals surface area contributed by atoms with Crippen LogP contribution in [0.15, 0.2) is 17.0 Å².